The Bertz CT molecular complexity index is 849. The summed E-state index contributed by atoms with van der Waals surface area (Å²) >= 11 is 1.53. The second-order valence-corrected chi connectivity index (χ2v) is 6.61. The highest BCUT2D eigenvalue weighted by molar-refractivity contribution is 7.07. The number of para-hydroxylation sites is 1. The third-order valence-electron chi connectivity index (χ3n) is 4.23. The molecule has 0 unspecified atom stereocenters. The largest absolute Gasteiger partial charge is 0.379 e. The topological polar surface area (TPSA) is 89.1 Å². The molecule has 1 saturated heterocycles. The Morgan fingerprint density at radius 2 is 2.36 bits per heavy atom. The fraction of sp³-hybridized carbons (Fsp3) is 0.353. The van der Waals surface area contributed by atoms with Gasteiger partial charge in [0.15, 0.2) is 5.69 Å². The molecule has 0 saturated carbocycles. The summed E-state index contributed by atoms with van der Waals surface area (Å²) in [4.78, 5) is 16.9. The number of benzene rings is 1. The van der Waals surface area contributed by atoms with Gasteiger partial charge in [0.2, 0.25) is 0 Å². The minimum absolute atomic E-state index is 0.115. The van der Waals surface area contributed by atoms with E-state index in [1.165, 1.54) is 11.3 Å². The molecule has 3 aromatic rings. The van der Waals surface area contributed by atoms with E-state index in [2.05, 4.69) is 20.5 Å². The molecule has 1 amide bonds. The molecule has 2 aromatic heterocycles. The van der Waals surface area contributed by atoms with E-state index in [-0.39, 0.29) is 18.1 Å². The van der Waals surface area contributed by atoms with Crippen LogP contribution < -0.4 is 5.32 Å². The van der Waals surface area contributed by atoms with Crippen LogP contribution in [0.25, 0.3) is 10.9 Å². The fourth-order valence-electron chi connectivity index (χ4n) is 2.92. The standard InChI is InChI=1S/C17H18N4O3S/c22-17(16-12-3-1-2-4-13(12)20-21-16)19-14-5-6-23-8-15(14)24-7-11-9-25-10-18-11/h1-4,9-10,14-15H,5-8H2,(H,19,22)(H,20,21)/t14-,15-/m1/s1. The molecule has 1 aliphatic rings. The van der Waals surface area contributed by atoms with E-state index in [4.69, 9.17) is 9.47 Å². The monoisotopic (exact) mass is 358 g/mol. The Morgan fingerprint density at radius 1 is 1.44 bits per heavy atom. The van der Waals surface area contributed by atoms with Gasteiger partial charge in [-0.2, -0.15) is 5.10 Å². The van der Waals surface area contributed by atoms with Crippen LogP contribution in [0.3, 0.4) is 0 Å². The lowest BCUT2D eigenvalue weighted by atomic mass is 10.1. The summed E-state index contributed by atoms with van der Waals surface area (Å²) in [6.07, 6.45) is 0.500. The number of fused-ring (bicyclic) bond motifs is 1. The first-order valence-electron chi connectivity index (χ1n) is 8.11. The summed E-state index contributed by atoms with van der Waals surface area (Å²) < 4.78 is 11.4. The predicted molar refractivity (Wildman–Crippen MR) is 93.5 cm³/mol. The van der Waals surface area contributed by atoms with Crippen molar-refractivity contribution in [3.05, 3.63) is 46.5 Å². The molecule has 4 rings (SSSR count). The minimum Gasteiger partial charge on any atom is -0.379 e. The maximum Gasteiger partial charge on any atom is 0.272 e. The summed E-state index contributed by atoms with van der Waals surface area (Å²) in [5.41, 5.74) is 3.91. The molecule has 0 radical (unpaired) electrons. The Kier molecular flexibility index (Phi) is 4.73. The number of hydrogen-bond acceptors (Lipinski definition) is 6. The summed E-state index contributed by atoms with van der Waals surface area (Å²) in [6.45, 7) is 1.47. The number of rotatable bonds is 5. The number of H-pyrrole nitrogens is 1. The van der Waals surface area contributed by atoms with Crippen molar-refractivity contribution in [3.63, 3.8) is 0 Å². The van der Waals surface area contributed by atoms with E-state index in [9.17, 15) is 4.79 Å². The third kappa shape index (κ3) is 3.55. The molecular weight excluding hydrogens is 340 g/mol. The van der Waals surface area contributed by atoms with Gasteiger partial charge in [-0.05, 0) is 12.5 Å². The molecule has 1 aromatic carbocycles. The normalized spacial score (nSPS) is 20.6. The van der Waals surface area contributed by atoms with E-state index in [1.807, 2.05) is 29.6 Å². The molecule has 0 bridgehead atoms. The van der Waals surface area contributed by atoms with Gasteiger partial charge >= 0.3 is 0 Å². The van der Waals surface area contributed by atoms with Gasteiger partial charge in [-0.3, -0.25) is 9.89 Å². The van der Waals surface area contributed by atoms with Gasteiger partial charge in [0.25, 0.3) is 5.91 Å². The number of amides is 1. The molecule has 0 aliphatic carbocycles. The van der Waals surface area contributed by atoms with Gasteiger partial charge < -0.3 is 14.8 Å². The lowest BCUT2D eigenvalue weighted by Crippen LogP contribution is -2.50. The molecule has 2 atom stereocenters. The molecule has 8 heteroatoms. The highest BCUT2D eigenvalue weighted by Crippen LogP contribution is 2.18. The van der Waals surface area contributed by atoms with Gasteiger partial charge in [0.1, 0.15) is 6.10 Å². The number of nitrogens with zero attached hydrogens (tertiary/aromatic N) is 2. The number of ether oxygens (including phenoxy) is 2. The maximum absolute atomic E-state index is 12.7. The van der Waals surface area contributed by atoms with Crippen molar-refractivity contribution in [3.8, 4) is 0 Å². The predicted octanol–water partition coefficient (Wildman–Crippen LogP) is 2.12. The quantitative estimate of drug-likeness (QED) is 0.729. The minimum atomic E-state index is -0.204. The second-order valence-electron chi connectivity index (χ2n) is 5.89. The molecule has 0 spiro atoms. The SMILES string of the molecule is O=C(N[C@@H]1CCOC[C@H]1OCc1cscn1)c1n[nH]c2ccccc12. The maximum atomic E-state index is 12.7. The van der Waals surface area contributed by atoms with Crippen LogP contribution in [0.4, 0.5) is 0 Å². The number of thiazole rings is 1. The number of nitrogens with one attached hydrogen (secondary N) is 2. The van der Waals surface area contributed by atoms with Crippen LogP contribution in [0.5, 0.6) is 0 Å². The van der Waals surface area contributed by atoms with E-state index in [1.54, 1.807) is 5.51 Å². The number of aromatic nitrogens is 3. The zero-order valence-electron chi connectivity index (χ0n) is 13.5. The number of aromatic amines is 1. The molecule has 1 aliphatic heterocycles. The second kappa shape index (κ2) is 7.30. The van der Waals surface area contributed by atoms with Gasteiger partial charge in [-0.15, -0.1) is 11.3 Å². The molecule has 3 heterocycles. The van der Waals surface area contributed by atoms with Gasteiger partial charge in [-0.25, -0.2) is 4.98 Å². The van der Waals surface area contributed by atoms with E-state index >= 15 is 0 Å². The van der Waals surface area contributed by atoms with E-state index in [0.29, 0.717) is 31.9 Å². The Morgan fingerprint density at radius 3 is 3.24 bits per heavy atom. The van der Waals surface area contributed by atoms with Crippen molar-refractivity contribution in [1.29, 1.82) is 0 Å². The fourth-order valence-corrected chi connectivity index (χ4v) is 3.46. The first-order chi connectivity index (χ1) is 12.3. The molecule has 2 N–H and O–H groups in total. The van der Waals surface area contributed by atoms with Crippen LogP contribution in [0.2, 0.25) is 0 Å². The van der Waals surface area contributed by atoms with Crippen molar-refractivity contribution >= 4 is 28.1 Å². The number of hydrogen-bond donors (Lipinski definition) is 2. The zero-order valence-corrected chi connectivity index (χ0v) is 14.3. The third-order valence-corrected chi connectivity index (χ3v) is 4.87. The Labute approximate surface area is 148 Å². The molecule has 1 fully saturated rings. The first-order valence-corrected chi connectivity index (χ1v) is 9.06. The highest BCUT2D eigenvalue weighted by Gasteiger charge is 2.29. The van der Waals surface area contributed by atoms with E-state index < -0.39 is 0 Å². The van der Waals surface area contributed by atoms with Gasteiger partial charge in [0, 0.05) is 17.4 Å². The molecule has 25 heavy (non-hydrogen) atoms. The lowest BCUT2D eigenvalue weighted by molar-refractivity contribution is -0.0742. The van der Waals surface area contributed by atoms with Crippen molar-refractivity contribution in [2.45, 2.75) is 25.2 Å². The molecule has 130 valence electrons. The number of carbonyl (C=O) groups excluding carboxylic acids is 1. The zero-order chi connectivity index (χ0) is 17.1. The lowest BCUT2D eigenvalue weighted by Gasteiger charge is -2.31. The average molecular weight is 358 g/mol. The summed E-state index contributed by atoms with van der Waals surface area (Å²) in [5, 5.41) is 12.9. The van der Waals surface area contributed by atoms with Crippen LogP contribution in [-0.4, -0.2) is 46.4 Å². The van der Waals surface area contributed by atoms with Crippen molar-refractivity contribution < 1.29 is 14.3 Å². The Hall–Kier alpha value is -2.29. The van der Waals surface area contributed by atoms with Gasteiger partial charge in [-0.1, -0.05) is 18.2 Å². The first kappa shape index (κ1) is 16.2. The summed E-state index contributed by atoms with van der Waals surface area (Å²) in [6, 6.07) is 7.46. The number of carbonyl (C=O) groups is 1. The Balaban J connectivity index is 1.44. The van der Waals surface area contributed by atoms with Crippen LogP contribution in [-0.2, 0) is 16.1 Å². The van der Waals surface area contributed by atoms with Crippen LogP contribution in [0.15, 0.2) is 35.2 Å². The average Bonchev–Trinajstić information content (AvgIpc) is 3.30. The van der Waals surface area contributed by atoms with E-state index in [0.717, 1.165) is 16.6 Å². The highest BCUT2D eigenvalue weighted by atomic mass is 32.1. The van der Waals surface area contributed by atoms with Crippen molar-refractivity contribution in [1.82, 2.24) is 20.5 Å². The van der Waals surface area contributed by atoms with Crippen molar-refractivity contribution in [2.75, 3.05) is 13.2 Å². The molecular formula is C17H18N4O3S. The van der Waals surface area contributed by atoms with Crippen LogP contribution >= 0.6 is 11.3 Å². The summed E-state index contributed by atoms with van der Waals surface area (Å²) in [5.74, 6) is -0.202. The van der Waals surface area contributed by atoms with Crippen LogP contribution in [0, 0.1) is 0 Å². The smallest absolute Gasteiger partial charge is 0.272 e. The molecule has 7 nitrogen and oxygen atoms in total. The van der Waals surface area contributed by atoms with Crippen molar-refractivity contribution in [2.24, 2.45) is 0 Å². The van der Waals surface area contributed by atoms with Crippen LogP contribution in [0.1, 0.15) is 22.6 Å². The summed E-state index contributed by atoms with van der Waals surface area (Å²) in [7, 11) is 0. The van der Waals surface area contributed by atoms with Gasteiger partial charge in [0.05, 0.1) is 36.0 Å².